The van der Waals surface area contributed by atoms with Gasteiger partial charge in [-0.25, -0.2) is 9.80 Å². The molecule has 0 fully saturated rings. The van der Waals surface area contributed by atoms with Gasteiger partial charge < -0.3 is 15.3 Å². The first-order valence-electron chi connectivity index (χ1n) is 9.76. The highest BCUT2D eigenvalue weighted by Crippen LogP contribution is 2.31. The van der Waals surface area contributed by atoms with Gasteiger partial charge in [-0.1, -0.05) is 35.9 Å². The summed E-state index contributed by atoms with van der Waals surface area (Å²) in [6.45, 7) is 0. The smallest absolute Gasteiger partial charge is 0.337 e. The van der Waals surface area contributed by atoms with Gasteiger partial charge in [0, 0.05) is 11.6 Å². The van der Waals surface area contributed by atoms with Crippen LogP contribution in [0.15, 0.2) is 75.8 Å². The van der Waals surface area contributed by atoms with Crippen LogP contribution in [0.1, 0.15) is 16.1 Å². The van der Waals surface area contributed by atoms with Crippen molar-refractivity contribution >= 4 is 35.0 Å². The number of halogens is 1. The number of anilines is 1. The van der Waals surface area contributed by atoms with Crippen LogP contribution in [0, 0.1) is 28.6 Å². The van der Waals surface area contributed by atoms with Gasteiger partial charge in [0.25, 0.3) is 0 Å². The van der Waals surface area contributed by atoms with E-state index in [4.69, 9.17) is 26.9 Å². The normalized spacial score (nSPS) is 17.9. The van der Waals surface area contributed by atoms with Crippen molar-refractivity contribution in [2.75, 3.05) is 5.01 Å². The number of carboxylic acid groups (broad SMARTS) is 1. The molecule has 0 aliphatic carbocycles. The third-order valence-electron chi connectivity index (χ3n) is 5.09. The zero-order chi connectivity index (χ0) is 23.5. The predicted molar refractivity (Wildman–Crippen MR) is 123 cm³/mol. The molecule has 0 bridgehead atoms. The Balaban J connectivity index is 1.67. The first-order chi connectivity index (χ1) is 15.9. The lowest BCUT2D eigenvalue weighted by molar-refractivity contribution is 0.0697. The van der Waals surface area contributed by atoms with E-state index in [1.807, 2.05) is 30.3 Å². The average Bonchev–Trinajstić information content (AvgIpc) is 3.41. The molecule has 3 aromatic rings. The molecule has 3 N–H and O–H groups in total. The highest BCUT2D eigenvalue weighted by atomic mass is 35.5. The number of carbonyl (C=O) groups is 1. The number of hydrogen-bond donors (Lipinski definition) is 2. The van der Waals surface area contributed by atoms with Gasteiger partial charge in [-0.2, -0.15) is 15.6 Å². The number of carboxylic acids is 1. The molecule has 1 aromatic heterocycles. The lowest BCUT2D eigenvalue weighted by atomic mass is 9.96. The summed E-state index contributed by atoms with van der Waals surface area (Å²) in [5, 5.41) is 34.6. The Morgan fingerprint density at radius 2 is 1.94 bits per heavy atom. The first-order valence-corrected chi connectivity index (χ1v) is 10.1. The maximum absolute atomic E-state index is 11.1. The predicted octanol–water partition coefficient (Wildman–Crippen LogP) is 4.51. The lowest BCUT2D eigenvalue weighted by Crippen LogP contribution is -2.40. The highest BCUT2D eigenvalue weighted by molar-refractivity contribution is 6.33. The van der Waals surface area contributed by atoms with Gasteiger partial charge in [0.05, 0.1) is 33.6 Å². The zero-order valence-corrected chi connectivity index (χ0v) is 17.8. The molecule has 1 aliphatic heterocycles. The van der Waals surface area contributed by atoms with Crippen molar-refractivity contribution < 1.29 is 14.3 Å². The molecule has 0 unspecified atom stereocenters. The second kappa shape index (κ2) is 9.01. The summed E-state index contributed by atoms with van der Waals surface area (Å²) in [7, 11) is 0. The number of allylic oxidation sites excluding steroid dienone is 1. The number of para-hydroxylation sites is 1. The molecular weight excluding hydrogens is 442 g/mol. The molecule has 0 radical (unpaired) electrons. The van der Waals surface area contributed by atoms with Crippen LogP contribution in [-0.4, -0.2) is 23.0 Å². The molecular formula is C24H16ClN5O3. The van der Waals surface area contributed by atoms with Gasteiger partial charge in [0.1, 0.15) is 29.7 Å². The minimum absolute atomic E-state index is 0.0139. The molecule has 0 amide bonds. The Labute approximate surface area is 194 Å². The van der Waals surface area contributed by atoms with E-state index in [-0.39, 0.29) is 21.9 Å². The molecule has 0 spiro atoms. The van der Waals surface area contributed by atoms with Crippen LogP contribution in [0.5, 0.6) is 0 Å². The van der Waals surface area contributed by atoms with Crippen molar-refractivity contribution in [3.05, 3.63) is 82.6 Å². The second-order valence-corrected chi connectivity index (χ2v) is 7.54. The van der Waals surface area contributed by atoms with Crippen LogP contribution in [0.2, 0.25) is 5.02 Å². The SMILES string of the molecule is N#C/C(=C/c1ccc(-c2ccc(C(=O)O)c(Cl)c2)o1)C1=NN(c2ccccc2)[C@H](N)[C@H]1C#N. The molecule has 2 heterocycles. The number of nitrogens with zero attached hydrogens (tertiary/aromatic N) is 4. The number of hydrazone groups is 1. The summed E-state index contributed by atoms with van der Waals surface area (Å²) >= 11 is 6.04. The van der Waals surface area contributed by atoms with Crippen molar-refractivity contribution in [1.29, 1.82) is 10.5 Å². The summed E-state index contributed by atoms with van der Waals surface area (Å²) < 4.78 is 5.81. The van der Waals surface area contributed by atoms with Gasteiger partial charge in [-0.05, 0) is 36.4 Å². The Bertz CT molecular complexity index is 1360. The summed E-state index contributed by atoms with van der Waals surface area (Å²) in [5.41, 5.74) is 7.92. The van der Waals surface area contributed by atoms with Crippen LogP contribution < -0.4 is 10.7 Å². The number of benzene rings is 2. The van der Waals surface area contributed by atoms with Crippen molar-refractivity contribution in [2.24, 2.45) is 16.8 Å². The number of rotatable bonds is 5. The van der Waals surface area contributed by atoms with E-state index in [2.05, 4.69) is 17.2 Å². The Hall–Kier alpha value is -4.37. The molecule has 33 heavy (non-hydrogen) atoms. The van der Waals surface area contributed by atoms with Gasteiger partial charge >= 0.3 is 5.97 Å². The highest BCUT2D eigenvalue weighted by Gasteiger charge is 2.37. The van der Waals surface area contributed by atoms with Crippen LogP contribution in [-0.2, 0) is 0 Å². The molecule has 8 nitrogen and oxygen atoms in total. The third-order valence-corrected chi connectivity index (χ3v) is 5.40. The van der Waals surface area contributed by atoms with Crippen molar-refractivity contribution in [3.8, 4) is 23.5 Å². The van der Waals surface area contributed by atoms with Gasteiger partial charge in [-0.15, -0.1) is 0 Å². The maximum atomic E-state index is 11.1. The maximum Gasteiger partial charge on any atom is 0.337 e. The number of aromatic carboxylic acids is 1. The summed E-state index contributed by atoms with van der Waals surface area (Å²) in [6, 6.07) is 21.1. The van der Waals surface area contributed by atoms with Gasteiger partial charge in [0.2, 0.25) is 0 Å². The summed E-state index contributed by atoms with van der Waals surface area (Å²) in [5.74, 6) is -1.15. The van der Waals surface area contributed by atoms with E-state index in [0.29, 0.717) is 22.8 Å². The minimum Gasteiger partial charge on any atom is -0.478 e. The molecule has 2 atom stereocenters. The van der Waals surface area contributed by atoms with Crippen molar-refractivity contribution in [1.82, 2.24) is 0 Å². The molecule has 0 saturated carbocycles. The van der Waals surface area contributed by atoms with E-state index in [0.717, 1.165) is 0 Å². The van der Waals surface area contributed by atoms with Crippen LogP contribution >= 0.6 is 11.6 Å². The Morgan fingerprint density at radius 1 is 1.18 bits per heavy atom. The largest absolute Gasteiger partial charge is 0.478 e. The summed E-state index contributed by atoms with van der Waals surface area (Å²) in [6.07, 6.45) is 0.743. The second-order valence-electron chi connectivity index (χ2n) is 7.13. The molecule has 4 rings (SSSR count). The molecule has 0 saturated heterocycles. The topological polar surface area (TPSA) is 140 Å². The van der Waals surface area contributed by atoms with E-state index in [9.17, 15) is 15.3 Å². The minimum atomic E-state index is -1.12. The average molecular weight is 458 g/mol. The molecule has 2 aromatic carbocycles. The van der Waals surface area contributed by atoms with Crippen LogP contribution in [0.25, 0.3) is 17.4 Å². The van der Waals surface area contributed by atoms with Crippen LogP contribution in [0.3, 0.4) is 0 Å². The standard InChI is InChI=1S/C24H16ClN5O3/c25-20-11-14(6-8-18(20)24(31)32)21-9-7-17(33-21)10-15(12-26)22-19(13-27)23(28)30(29-22)16-4-2-1-3-5-16/h1-11,19,23H,28H2,(H,31,32)/b15-10-/t19-,23-/m0/s1. The fraction of sp³-hybridized carbons (Fsp3) is 0.0833. The van der Waals surface area contributed by atoms with Crippen LogP contribution in [0.4, 0.5) is 5.69 Å². The number of nitriles is 2. The number of furan rings is 1. The fourth-order valence-corrected chi connectivity index (χ4v) is 3.71. The molecule has 162 valence electrons. The Morgan fingerprint density at radius 3 is 2.58 bits per heavy atom. The quantitative estimate of drug-likeness (QED) is 0.537. The summed E-state index contributed by atoms with van der Waals surface area (Å²) in [4.78, 5) is 11.1. The number of nitrogens with two attached hydrogens (primary N) is 1. The fourth-order valence-electron chi connectivity index (χ4n) is 3.45. The van der Waals surface area contributed by atoms with Gasteiger partial charge in [0.15, 0.2) is 0 Å². The van der Waals surface area contributed by atoms with Crippen molar-refractivity contribution in [2.45, 2.75) is 6.17 Å². The molecule has 1 aliphatic rings. The number of hydrogen-bond acceptors (Lipinski definition) is 7. The zero-order valence-electron chi connectivity index (χ0n) is 17.0. The van der Waals surface area contributed by atoms with E-state index in [1.54, 1.807) is 18.2 Å². The Kier molecular flexibility index (Phi) is 5.97. The third kappa shape index (κ3) is 4.21. The van der Waals surface area contributed by atoms with E-state index < -0.39 is 18.1 Å². The monoisotopic (exact) mass is 457 g/mol. The van der Waals surface area contributed by atoms with Crippen molar-refractivity contribution in [3.63, 3.8) is 0 Å². The van der Waals surface area contributed by atoms with E-state index >= 15 is 0 Å². The van der Waals surface area contributed by atoms with E-state index in [1.165, 1.54) is 23.2 Å². The lowest BCUT2D eigenvalue weighted by Gasteiger charge is -2.21. The first kappa shape index (κ1) is 21.8. The van der Waals surface area contributed by atoms with Gasteiger partial charge in [-0.3, -0.25) is 0 Å². The molecule has 9 heteroatoms.